The van der Waals surface area contributed by atoms with Crippen LogP contribution in [-0.2, 0) is 12.0 Å². The van der Waals surface area contributed by atoms with Gasteiger partial charge in [-0.2, -0.15) is 0 Å². The number of piperidine rings is 1. The molecular weight excluding hydrogens is 268 g/mol. The Morgan fingerprint density at radius 1 is 1.32 bits per heavy atom. The summed E-state index contributed by atoms with van der Waals surface area (Å²) in [5.41, 5.74) is 4.80. The summed E-state index contributed by atoms with van der Waals surface area (Å²) in [7, 11) is 0. The van der Waals surface area contributed by atoms with Gasteiger partial charge in [0.15, 0.2) is 0 Å². The van der Waals surface area contributed by atoms with E-state index in [4.69, 9.17) is 0 Å². The van der Waals surface area contributed by atoms with Crippen molar-refractivity contribution in [1.29, 1.82) is 0 Å². The molecule has 118 valence electrons. The molecule has 2 nitrogen and oxygen atoms in total. The largest absolute Gasteiger partial charge is 0.353 e. The molecule has 2 N–H and O–H groups in total. The van der Waals surface area contributed by atoms with Crippen LogP contribution in [0, 0.1) is 5.92 Å². The second kappa shape index (κ2) is 5.42. The Labute approximate surface area is 133 Å². The molecule has 3 heterocycles. The van der Waals surface area contributed by atoms with Gasteiger partial charge in [0, 0.05) is 29.7 Å². The highest BCUT2D eigenvalue weighted by atomic mass is 15.2. The maximum absolute atomic E-state index is 3.82. The molecule has 0 amide bonds. The molecule has 0 saturated carbocycles. The molecule has 1 unspecified atom stereocenters. The number of benzene rings is 1. The molecule has 1 aromatic heterocycles. The van der Waals surface area contributed by atoms with Gasteiger partial charge in [0.2, 0.25) is 0 Å². The van der Waals surface area contributed by atoms with Crippen molar-refractivity contribution in [2.24, 2.45) is 5.92 Å². The van der Waals surface area contributed by atoms with E-state index >= 15 is 0 Å². The van der Waals surface area contributed by atoms with Crippen molar-refractivity contribution < 1.29 is 4.90 Å². The van der Waals surface area contributed by atoms with Crippen LogP contribution in [0.4, 0.5) is 0 Å². The lowest BCUT2D eigenvalue weighted by atomic mass is 9.79. The van der Waals surface area contributed by atoms with Crippen LogP contribution >= 0.6 is 0 Å². The minimum Gasteiger partial charge on any atom is -0.353 e. The Bertz CT molecular complexity index is 671. The van der Waals surface area contributed by atoms with E-state index in [9.17, 15) is 0 Å². The molecule has 4 rings (SSSR count). The third-order valence-electron chi connectivity index (χ3n) is 6.34. The average Bonchev–Trinajstić information content (AvgIpc) is 2.84. The summed E-state index contributed by atoms with van der Waals surface area (Å²) in [5, 5.41) is 1.47. The van der Waals surface area contributed by atoms with Crippen LogP contribution in [0.5, 0.6) is 0 Å². The van der Waals surface area contributed by atoms with E-state index in [2.05, 4.69) is 43.1 Å². The number of aromatic nitrogens is 1. The smallest absolute Gasteiger partial charge is 0.136 e. The number of rotatable bonds is 2. The topological polar surface area (TPSA) is 20.2 Å². The molecule has 1 saturated heterocycles. The van der Waals surface area contributed by atoms with Crippen molar-refractivity contribution in [3.05, 3.63) is 35.5 Å². The lowest BCUT2D eigenvalue weighted by Crippen LogP contribution is -3.19. The number of nitrogens with one attached hydrogen (secondary N) is 2. The Morgan fingerprint density at radius 2 is 2.18 bits per heavy atom. The zero-order valence-corrected chi connectivity index (χ0v) is 14.0. The van der Waals surface area contributed by atoms with E-state index in [-0.39, 0.29) is 0 Å². The SMILES string of the molecule is CCC[C@H]1CC[C@]2(C)c3[nH]c4ccccc4c3CCC[NH+]2C1. The number of quaternary nitrogens is 1. The minimum atomic E-state index is 0.301. The number of H-pyrrole nitrogens is 1. The van der Waals surface area contributed by atoms with Gasteiger partial charge < -0.3 is 9.88 Å². The second-order valence-electron chi connectivity index (χ2n) is 7.71. The van der Waals surface area contributed by atoms with Crippen LogP contribution in [0.15, 0.2) is 24.3 Å². The predicted octanol–water partition coefficient (Wildman–Crippen LogP) is 3.42. The Kier molecular flexibility index (Phi) is 3.53. The number of aryl methyl sites for hydroxylation is 1. The average molecular weight is 297 g/mol. The van der Waals surface area contributed by atoms with Crippen LogP contribution in [0.1, 0.15) is 57.2 Å². The van der Waals surface area contributed by atoms with Crippen LogP contribution in [-0.4, -0.2) is 18.1 Å². The molecule has 0 radical (unpaired) electrons. The molecule has 2 aliphatic rings. The predicted molar refractivity (Wildman–Crippen MR) is 92.3 cm³/mol. The first kappa shape index (κ1) is 14.3. The number of hydrogen-bond donors (Lipinski definition) is 2. The van der Waals surface area contributed by atoms with E-state index in [0.717, 1.165) is 5.92 Å². The van der Waals surface area contributed by atoms with Gasteiger partial charge in [0.05, 0.1) is 18.8 Å². The number of fused-ring (bicyclic) bond motifs is 5. The zero-order valence-electron chi connectivity index (χ0n) is 14.0. The Balaban J connectivity index is 1.77. The maximum Gasteiger partial charge on any atom is 0.136 e. The molecule has 22 heavy (non-hydrogen) atoms. The molecule has 2 aliphatic heterocycles. The van der Waals surface area contributed by atoms with Gasteiger partial charge >= 0.3 is 0 Å². The standard InChI is InChI=1S/C20H28N2/c1-3-7-15-11-12-20(2)19-17(9-6-13-22(20)14-15)16-8-4-5-10-18(16)21-19/h4-5,8,10,15,21H,3,6-7,9,11-14H2,1-2H3/p+1/t15-,20+/m0/s1. The lowest BCUT2D eigenvalue weighted by Gasteiger charge is -2.43. The highest BCUT2D eigenvalue weighted by molar-refractivity contribution is 5.85. The Morgan fingerprint density at radius 3 is 3.05 bits per heavy atom. The van der Waals surface area contributed by atoms with E-state index < -0.39 is 0 Å². The third kappa shape index (κ3) is 2.11. The zero-order chi connectivity index (χ0) is 15.2. The van der Waals surface area contributed by atoms with Crippen molar-refractivity contribution in [1.82, 2.24) is 4.98 Å². The molecule has 1 fully saturated rings. The first-order valence-electron chi connectivity index (χ1n) is 9.17. The summed E-state index contributed by atoms with van der Waals surface area (Å²) in [6.45, 7) is 7.57. The third-order valence-corrected chi connectivity index (χ3v) is 6.34. The van der Waals surface area contributed by atoms with E-state index in [0.29, 0.717) is 5.54 Å². The van der Waals surface area contributed by atoms with Crippen LogP contribution < -0.4 is 4.90 Å². The second-order valence-corrected chi connectivity index (χ2v) is 7.71. The van der Waals surface area contributed by atoms with Gasteiger partial charge in [0.1, 0.15) is 5.54 Å². The number of para-hydroxylation sites is 1. The van der Waals surface area contributed by atoms with Crippen LogP contribution in [0.2, 0.25) is 0 Å². The molecule has 0 aliphatic carbocycles. The fraction of sp³-hybridized carbons (Fsp3) is 0.600. The van der Waals surface area contributed by atoms with E-state index in [1.54, 1.807) is 11.3 Å². The van der Waals surface area contributed by atoms with Crippen molar-refractivity contribution in [3.8, 4) is 0 Å². The molecule has 0 spiro atoms. The fourth-order valence-electron chi connectivity index (χ4n) is 5.09. The highest BCUT2D eigenvalue weighted by Gasteiger charge is 2.46. The van der Waals surface area contributed by atoms with Crippen LogP contribution in [0.3, 0.4) is 0 Å². The summed E-state index contributed by atoms with van der Waals surface area (Å²) < 4.78 is 0. The van der Waals surface area contributed by atoms with Crippen molar-refractivity contribution >= 4 is 10.9 Å². The molecular formula is C20H29N2+. The van der Waals surface area contributed by atoms with Crippen molar-refractivity contribution in [2.45, 2.75) is 57.9 Å². The van der Waals surface area contributed by atoms with Crippen LogP contribution in [0.25, 0.3) is 10.9 Å². The first-order chi connectivity index (χ1) is 10.7. The number of aromatic amines is 1. The number of hydrogen-bond acceptors (Lipinski definition) is 0. The van der Waals surface area contributed by atoms with Gasteiger partial charge in [-0.25, -0.2) is 0 Å². The molecule has 1 aromatic carbocycles. The summed E-state index contributed by atoms with van der Waals surface area (Å²) in [6, 6.07) is 8.90. The van der Waals surface area contributed by atoms with Gasteiger partial charge in [-0.05, 0) is 37.8 Å². The maximum atomic E-state index is 3.82. The summed E-state index contributed by atoms with van der Waals surface area (Å²) in [6.07, 6.45) is 8.08. The van der Waals surface area contributed by atoms with Crippen molar-refractivity contribution in [3.63, 3.8) is 0 Å². The normalized spacial score (nSPS) is 31.5. The fourth-order valence-corrected chi connectivity index (χ4v) is 5.09. The van der Waals surface area contributed by atoms with E-state index in [1.165, 1.54) is 62.5 Å². The lowest BCUT2D eigenvalue weighted by molar-refractivity contribution is -0.968. The van der Waals surface area contributed by atoms with Gasteiger partial charge in [-0.1, -0.05) is 31.5 Å². The minimum absolute atomic E-state index is 0.301. The summed E-state index contributed by atoms with van der Waals surface area (Å²) in [4.78, 5) is 5.66. The summed E-state index contributed by atoms with van der Waals surface area (Å²) >= 11 is 0. The van der Waals surface area contributed by atoms with Gasteiger partial charge in [0.25, 0.3) is 0 Å². The van der Waals surface area contributed by atoms with E-state index in [1.807, 2.05) is 4.90 Å². The molecule has 0 bridgehead atoms. The molecule has 2 heteroatoms. The monoisotopic (exact) mass is 297 g/mol. The van der Waals surface area contributed by atoms with Crippen molar-refractivity contribution in [2.75, 3.05) is 13.1 Å². The molecule has 3 atom stereocenters. The Hall–Kier alpha value is -1.28. The highest BCUT2D eigenvalue weighted by Crippen LogP contribution is 2.36. The quantitative estimate of drug-likeness (QED) is 0.847. The first-order valence-corrected chi connectivity index (χ1v) is 9.17. The van der Waals surface area contributed by atoms with Gasteiger partial charge in [-0.15, -0.1) is 0 Å². The van der Waals surface area contributed by atoms with Gasteiger partial charge in [-0.3, -0.25) is 0 Å². The molecule has 2 aromatic rings. The summed E-state index contributed by atoms with van der Waals surface area (Å²) in [5.74, 6) is 0.944.